The number of ether oxygens (including phenoxy) is 1. The molecule has 0 radical (unpaired) electrons. The van der Waals surface area contributed by atoms with Crippen molar-refractivity contribution in [1.82, 2.24) is 15.2 Å². The lowest BCUT2D eigenvalue weighted by Gasteiger charge is -2.33. The molecule has 1 aromatic carbocycles. The summed E-state index contributed by atoms with van der Waals surface area (Å²) in [5.41, 5.74) is 1.53. The quantitative estimate of drug-likeness (QED) is 0.943. The molecule has 1 aliphatic rings. The molecule has 0 spiro atoms. The van der Waals surface area contributed by atoms with Gasteiger partial charge in [-0.25, -0.2) is 4.98 Å². The Morgan fingerprint density at radius 2 is 2.18 bits per heavy atom. The number of thiazole rings is 1. The molecule has 2 heterocycles. The number of nitrogens with zero attached hydrogens (tertiary/aromatic N) is 2. The van der Waals surface area contributed by atoms with Crippen LogP contribution in [0.15, 0.2) is 29.6 Å². The summed E-state index contributed by atoms with van der Waals surface area (Å²) in [6, 6.07) is 7.92. The SMILES string of the molecule is COc1ccc(-c2nc(C(=O)N3CCNC[C@@H]3C)cs2)cc1. The smallest absolute Gasteiger partial charge is 0.273 e. The van der Waals surface area contributed by atoms with E-state index in [0.717, 1.165) is 36.0 Å². The second kappa shape index (κ2) is 6.46. The first-order valence-electron chi connectivity index (χ1n) is 7.30. The maximum Gasteiger partial charge on any atom is 0.273 e. The maximum absolute atomic E-state index is 12.6. The highest BCUT2D eigenvalue weighted by molar-refractivity contribution is 7.13. The van der Waals surface area contributed by atoms with Crippen molar-refractivity contribution < 1.29 is 9.53 Å². The largest absolute Gasteiger partial charge is 0.497 e. The maximum atomic E-state index is 12.6. The Balaban J connectivity index is 1.79. The molecular formula is C16H19N3O2S. The first kappa shape index (κ1) is 15.0. The summed E-state index contributed by atoms with van der Waals surface area (Å²) in [7, 11) is 1.64. The summed E-state index contributed by atoms with van der Waals surface area (Å²) in [4.78, 5) is 19.0. The van der Waals surface area contributed by atoms with Crippen molar-refractivity contribution in [2.24, 2.45) is 0 Å². The lowest BCUT2D eigenvalue weighted by Crippen LogP contribution is -2.52. The molecule has 3 rings (SSSR count). The van der Waals surface area contributed by atoms with E-state index in [1.807, 2.05) is 34.5 Å². The summed E-state index contributed by atoms with van der Waals surface area (Å²) in [6.07, 6.45) is 0. The number of hydrogen-bond donors (Lipinski definition) is 1. The van der Waals surface area contributed by atoms with Crippen LogP contribution >= 0.6 is 11.3 Å². The van der Waals surface area contributed by atoms with Crippen molar-refractivity contribution in [2.45, 2.75) is 13.0 Å². The second-order valence-electron chi connectivity index (χ2n) is 5.32. The van der Waals surface area contributed by atoms with E-state index >= 15 is 0 Å². The number of rotatable bonds is 3. The first-order chi connectivity index (χ1) is 10.7. The van der Waals surface area contributed by atoms with Crippen LogP contribution in [0.4, 0.5) is 0 Å². The van der Waals surface area contributed by atoms with Crippen molar-refractivity contribution in [3.05, 3.63) is 35.3 Å². The number of benzene rings is 1. The zero-order valence-electron chi connectivity index (χ0n) is 12.7. The van der Waals surface area contributed by atoms with Gasteiger partial charge in [-0.15, -0.1) is 11.3 Å². The van der Waals surface area contributed by atoms with Crippen molar-refractivity contribution in [3.63, 3.8) is 0 Å². The standard InChI is InChI=1S/C16H19N3O2S/c1-11-9-17-7-8-19(11)16(20)14-10-22-15(18-14)12-3-5-13(21-2)6-4-12/h3-6,10-11,17H,7-9H2,1-2H3/t11-/m0/s1. The zero-order chi connectivity index (χ0) is 15.5. The Morgan fingerprint density at radius 1 is 1.41 bits per heavy atom. The lowest BCUT2D eigenvalue weighted by atomic mass is 10.2. The third-order valence-corrected chi connectivity index (χ3v) is 4.71. The van der Waals surface area contributed by atoms with Crippen LogP contribution in [0.2, 0.25) is 0 Å². The fraction of sp³-hybridized carbons (Fsp3) is 0.375. The van der Waals surface area contributed by atoms with Crippen molar-refractivity contribution in [2.75, 3.05) is 26.7 Å². The molecule has 1 atom stereocenters. The van der Waals surface area contributed by atoms with Crippen LogP contribution in [-0.4, -0.2) is 48.6 Å². The van der Waals surface area contributed by atoms with E-state index in [0.29, 0.717) is 5.69 Å². The van der Waals surface area contributed by atoms with Gasteiger partial charge in [0.25, 0.3) is 5.91 Å². The van der Waals surface area contributed by atoms with E-state index in [1.165, 1.54) is 11.3 Å². The number of amides is 1. The minimum absolute atomic E-state index is 0.0185. The molecule has 1 N–H and O–H groups in total. The van der Waals surface area contributed by atoms with Gasteiger partial charge in [-0.3, -0.25) is 4.79 Å². The van der Waals surface area contributed by atoms with Gasteiger partial charge in [0, 0.05) is 36.6 Å². The minimum Gasteiger partial charge on any atom is -0.497 e. The van der Waals surface area contributed by atoms with Crippen LogP contribution in [0, 0.1) is 0 Å². The zero-order valence-corrected chi connectivity index (χ0v) is 13.5. The molecule has 1 saturated heterocycles. The molecule has 6 heteroatoms. The third-order valence-electron chi connectivity index (χ3n) is 3.82. The molecule has 5 nitrogen and oxygen atoms in total. The Hall–Kier alpha value is -1.92. The number of methoxy groups -OCH3 is 1. The number of hydrogen-bond acceptors (Lipinski definition) is 5. The van der Waals surface area contributed by atoms with Gasteiger partial charge in [-0.2, -0.15) is 0 Å². The second-order valence-corrected chi connectivity index (χ2v) is 6.18. The van der Waals surface area contributed by atoms with E-state index in [4.69, 9.17) is 4.74 Å². The van der Waals surface area contributed by atoms with Crippen LogP contribution in [-0.2, 0) is 0 Å². The molecular weight excluding hydrogens is 298 g/mol. The van der Waals surface area contributed by atoms with E-state index in [-0.39, 0.29) is 11.9 Å². The van der Waals surface area contributed by atoms with Gasteiger partial charge < -0.3 is 15.0 Å². The van der Waals surface area contributed by atoms with Gasteiger partial charge in [-0.1, -0.05) is 0 Å². The summed E-state index contributed by atoms with van der Waals surface area (Å²) in [5, 5.41) is 5.99. The van der Waals surface area contributed by atoms with Gasteiger partial charge in [-0.05, 0) is 31.2 Å². The Morgan fingerprint density at radius 3 is 2.86 bits per heavy atom. The molecule has 1 amide bonds. The number of aromatic nitrogens is 1. The molecule has 0 saturated carbocycles. The Kier molecular flexibility index (Phi) is 4.40. The molecule has 0 aliphatic carbocycles. The fourth-order valence-electron chi connectivity index (χ4n) is 2.53. The fourth-order valence-corrected chi connectivity index (χ4v) is 3.33. The van der Waals surface area contributed by atoms with E-state index < -0.39 is 0 Å². The Bertz CT molecular complexity index is 654. The van der Waals surface area contributed by atoms with Gasteiger partial charge in [0.2, 0.25) is 0 Å². The molecule has 0 bridgehead atoms. The molecule has 0 unspecified atom stereocenters. The molecule has 2 aromatic rings. The summed E-state index contributed by atoms with van der Waals surface area (Å²) < 4.78 is 5.16. The summed E-state index contributed by atoms with van der Waals surface area (Å²) >= 11 is 1.49. The van der Waals surface area contributed by atoms with Gasteiger partial charge in [0.1, 0.15) is 16.5 Å². The predicted molar refractivity (Wildman–Crippen MR) is 87.5 cm³/mol. The normalized spacial score (nSPS) is 18.3. The topological polar surface area (TPSA) is 54.5 Å². The Labute approximate surface area is 133 Å². The van der Waals surface area contributed by atoms with Crippen LogP contribution in [0.1, 0.15) is 17.4 Å². The molecule has 22 heavy (non-hydrogen) atoms. The van der Waals surface area contributed by atoms with Gasteiger partial charge in [0.15, 0.2) is 0 Å². The monoisotopic (exact) mass is 317 g/mol. The first-order valence-corrected chi connectivity index (χ1v) is 8.18. The van der Waals surface area contributed by atoms with E-state index in [2.05, 4.69) is 17.2 Å². The number of carbonyl (C=O) groups is 1. The van der Waals surface area contributed by atoms with Crippen molar-refractivity contribution in [3.8, 4) is 16.3 Å². The highest BCUT2D eigenvalue weighted by atomic mass is 32.1. The average Bonchev–Trinajstić information content (AvgIpc) is 3.05. The van der Waals surface area contributed by atoms with Crippen LogP contribution < -0.4 is 10.1 Å². The minimum atomic E-state index is 0.0185. The highest BCUT2D eigenvalue weighted by Gasteiger charge is 2.25. The predicted octanol–water partition coefficient (Wildman–Crippen LogP) is 2.25. The third kappa shape index (κ3) is 2.98. The molecule has 1 fully saturated rings. The molecule has 1 aromatic heterocycles. The molecule has 116 valence electrons. The van der Waals surface area contributed by atoms with Crippen molar-refractivity contribution in [1.29, 1.82) is 0 Å². The number of nitrogens with one attached hydrogen (secondary N) is 1. The highest BCUT2D eigenvalue weighted by Crippen LogP contribution is 2.26. The van der Waals surface area contributed by atoms with E-state index in [9.17, 15) is 4.79 Å². The van der Waals surface area contributed by atoms with Crippen LogP contribution in [0.5, 0.6) is 5.75 Å². The average molecular weight is 317 g/mol. The van der Waals surface area contributed by atoms with Gasteiger partial charge in [0.05, 0.1) is 7.11 Å². The number of carbonyl (C=O) groups excluding carboxylic acids is 1. The summed E-state index contributed by atoms with van der Waals surface area (Å²) in [6.45, 7) is 4.46. The van der Waals surface area contributed by atoms with Crippen LogP contribution in [0.3, 0.4) is 0 Å². The number of piperazine rings is 1. The van der Waals surface area contributed by atoms with Gasteiger partial charge >= 0.3 is 0 Å². The van der Waals surface area contributed by atoms with E-state index in [1.54, 1.807) is 7.11 Å². The van der Waals surface area contributed by atoms with Crippen LogP contribution in [0.25, 0.3) is 10.6 Å². The lowest BCUT2D eigenvalue weighted by molar-refractivity contribution is 0.0650. The van der Waals surface area contributed by atoms with Crippen molar-refractivity contribution >= 4 is 17.2 Å². The molecule has 1 aliphatic heterocycles. The summed E-state index contributed by atoms with van der Waals surface area (Å²) in [5.74, 6) is 0.830.